The van der Waals surface area contributed by atoms with Gasteiger partial charge in [0.05, 0.1) is 0 Å². The Labute approximate surface area is 141 Å². The molecule has 0 aliphatic heterocycles. The van der Waals surface area contributed by atoms with Gasteiger partial charge < -0.3 is 0 Å². The van der Waals surface area contributed by atoms with Crippen molar-refractivity contribution < 1.29 is 4.57 Å². The van der Waals surface area contributed by atoms with E-state index in [1.807, 2.05) is 12.1 Å². The molecule has 0 N–H and O–H groups in total. The van der Waals surface area contributed by atoms with E-state index in [0.717, 1.165) is 0 Å². The Morgan fingerprint density at radius 2 is 0.870 bits per heavy atom. The van der Waals surface area contributed by atoms with Crippen LogP contribution in [-0.2, 0) is 4.57 Å². The standard InChI is InChI=1S/C12H10.C9H12.HOP/c1-3-7-11(8-4-1)12-9-5-2-6-10-12;1-7-5-4-6-8(2)9(7)3;1-2/h1-10H;4-6H,1-3H3;2H. The van der Waals surface area contributed by atoms with Gasteiger partial charge >= 0.3 is 0 Å². The Hall–Kier alpha value is -2.24. The number of hydrogen-bond donors (Lipinski definition) is 0. The van der Waals surface area contributed by atoms with Crippen LogP contribution in [0.3, 0.4) is 0 Å². The molecule has 0 bridgehead atoms. The van der Waals surface area contributed by atoms with Gasteiger partial charge in [-0.3, -0.25) is 4.57 Å². The van der Waals surface area contributed by atoms with Gasteiger partial charge in [-0.15, -0.1) is 0 Å². The molecule has 0 aliphatic rings. The van der Waals surface area contributed by atoms with Crippen molar-refractivity contribution in [3.05, 3.63) is 95.6 Å². The van der Waals surface area contributed by atoms with Crippen molar-refractivity contribution in [3.8, 4) is 11.1 Å². The van der Waals surface area contributed by atoms with Crippen LogP contribution in [-0.4, -0.2) is 0 Å². The van der Waals surface area contributed by atoms with Crippen molar-refractivity contribution in [3.63, 3.8) is 0 Å². The molecule has 0 radical (unpaired) electrons. The minimum Gasteiger partial charge on any atom is -0.279 e. The summed E-state index contributed by atoms with van der Waals surface area (Å²) in [6, 6.07) is 27.2. The summed E-state index contributed by atoms with van der Waals surface area (Å²) in [5, 5.41) is 0. The molecular formula is C21H23OP. The summed E-state index contributed by atoms with van der Waals surface area (Å²) in [5.41, 5.74) is 6.73. The van der Waals surface area contributed by atoms with Crippen LogP contribution in [0.4, 0.5) is 0 Å². The average molecular weight is 322 g/mol. The molecule has 0 atom stereocenters. The quantitative estimate of drug-likeness (QED) is 0.471. The average Bonchev–Trinajstić information content (AvgIpc) is 2.63. The summed E-state index contributed by atoms with van der Waals surface area (Å²) in [6.07, 6.45) is 0. The lowest BCUT2D eigenvalue weighted by molar-refractivity contribution is 0.607. The van der Waals surface area contributed by atoms with E-state index in [9.17, 15) is 0 Å². The summed E-state index contributed by atoms with van der Waals surface area (Å²) in [6.45, 7) is 6.44. The van der Waals surface area contributed by atoms with Crippen molar-refractivity contribution in [2.45, 2.75) is 20.8 Å². The van der Waals surface area contributed by atoms with Crippen LogP contribution in [0.1, 0.15) is 16.7 Å². The van der Waals surface area contributed by atoms with Crippen LogP contribution in [0.15, 0.2) is 78.9 Å². The second kappa shape index (κ2) is 10.5. The maximum atomic E-state index is 8.06. The van der Waals surface area contributed by atoms with E-state index in [2.05, 4.69) is 87.5 Å². The molecule has 0 aromatic heterocycles. The highest BCUT2D eigenvalue weighted by Gasteiger charge is 1.92. The monoisotopic (exact) mass is 322 g/mol. The fourth-order valence-corrected chi connectivity index (χ4v) is 2.16. The van der Waals surface area contributed by atoms with Crippen LogP contribution in [0, 0.1) is 20.8 Å². The second-order valence-electron chi connectivity index (χ2n) is 5.25. The molecule has 0 saturated carbocycles. The SMILES string of the molecule is Cc1cccc(C)c1C.O=P.c1ccc(-c2ccccc2)cc1. The Morgan fingerprint density at radius 1 is 0.522 bits per heavy atom. The maximum absolute atomic E-state index is 8.06. The van der Waals surface area contributed by atoms with Crippen molar-refractivity contribution >= 4 is 9.12 Å². The topological polar surface area (TPSA) is 17.1 Å². The lowest BCUT2D eigenvalue weighted by Gasteiger charge is -2.00. The highest BCUT2D eigenvalue weighted by atomic mass is 31.0. The van der Waals surface area contributed by atoms with Crippen molar-refractivity contribution in [1.82, 2.24) is 0 Å². The fourth-order valence-electron chi connectivity index (χ4n) is 2.16. The maximum Gasteiger partial charge on any atom is 0.138 e. The van der Waals surface area contributed by atoms with E-state index in [1.54, 1.807) is 9.12 Å². The lowest BCUT2D eigenvalue weighted by atomic mass is 10.1. The first-order valence-electron chi connectivity index (χ1n) is 7.52. The molecule has 0 amide bonds. The molecule has 3 rings (SSSR count). The van der Waals surface area contributed by atoms with Gasteiger partial charge in [0.1, 0.15) is 9.12 Å². The first-order chi connectivity index (χ1) is 11.2. The molecule has 0 heterocycles. The van der Waals surface area contributed by atoms with Crippen LogP contribution >= 0.6 is 9.12 Å². The van der Waals surface area contributed by atoms with Gasteiger partial charge in [-0.05, 0) is 48.6 Å². The molecule has 0 fully saturated rings. The Bertz CT molecular complexity index is 636. The molecule has 0 spiro atoms. The first-order valence-corrected chi connectivity index (χ1v) is 7.93. The van der Waals surface area contributed by atoms with Gasteiger partial charge in [-0.25, -0.2) is 0 Å². The highest BCUT2D eigenvalue weighted by molar-refractivity contribution is 7.00. The van der Waals surface area contributed by atoms with E-state index in [0.29, 0.717) is 0 Å². The predicted molar refractivity (Wildman–Crippen MR) is 102 cm³/mol. The van der Waals surface area contributed by atoms with E-state index in [-0.39, 0.29) is 0 Å². The van der Waals surface area contributed by atoms with Gasteiger partial charge in [-0.1, -0.05) is 78.9 Å². The Kier molecular flexibility index (Phi) is 8.57. The minimum absolute atomic E-state index is 1.28. The molecule has 118 valence electrons. The Balaban J connectivity index is 0.000000215. The molecule has 3 aromatic rings. The van der Waals surface area contributed by atoms with Crippen molar-refractivity contribution in [1.29, 1.82) is 0 Å². The summed E-state index contributed by atoms with van der Waals surface area (Å²) in [7, 11) is 1.72. The van der Waals surface area contributed by atoms with Crippen LogP contribution in [0.2, 0.25) is 0 Å². The highest BCUT2D eigenvalue weighted by Crippen LogP contribution is 2.17. The second-order valence-corrected chi connectivity index (χ2v) is 5.25. The number of benzene rings is 3. The predicted octanol–water partition coefficient (Wildman–Crippen LogP) is 6.44. The molecule has 0 aliphatic carbocycles. The third kappa shape index (κ3) is 6.18. The van der Waals surface area contributed by atoms with E-state index in [4.69, 9.17) is 4.57 Å². The van der Waals surface area contributed by atoms with Crippen molar-refractivity contribution in [2.24, 2.45) is 0 Å². The van der Waals surface area contributed by atoms with Crippen LogP contribution in [0.5, 0.6) is 0 Å². The molecule has 1 nitrogen and oxygen atoms in total. The molecular weight excluding hydrogens is 299 g/mol. The van der Waals surface area contributed by atoms with Crippen molar-refractivity contribution in [2.75, 3.05) is 0 Å². The van der Waals surface area contributed by atoms with E-state index >= 15 is 0 Å². The summed E-state index contributed by atoms with van der Waals surface area (Å²) >= 11 is 0. The minimum atomic E-state index is 1.28. The summed E-state index contributed by atoms with van der Waals surface area (Å²) in [4.78, 5) is 0. The third-order valence-electron chi connectivity index (χ3n) is 3.76. The van der Waals surface area contributed by atoms with Gasteiger partial charge in [0.25, 0.3) is 0 Å². The van der Waals surface area contributed by atoms with Gasteiger partial charge in [0, 0.05) is 0 Å². The third-order valence-corrected chi connectivity index (χ3v) is 3.76. The Morgan fingerprint density at radius 3 is 1.17 bits per heavy atom. The molecule has 2 heteroatoms. The summed E-state index contributed by atoms with van der Waals surface area (Å²) in [5.74, 6) is 0. The lowest BCUT2D eigenvalue weighted by Crippen LogP contribution is -1.82. The van der Waals surface area contributed by atoms with Gasteiger partial charge in [0.15, 0.2) is 0 Å². The largest absolute Gasteiger partial charge is 0.279 e. The normalized spacial score (nSPS) is 9.00. The van der Waals surface area contributed by atoms with E-state index < -0.39 is 0 Å². The zero-order chi connectivity index (χ0) is 17.1. The molecule has 3 aromatic carbocycles. The van der Waals surface area contributed by atoms with Crippen LogP contribution < -0.4 is 0 Å². The van der Waals surface area contributed by atoms with Crippen LogP contribution in [0.25, 0.3) is 11.1 Å². The number of rotatable bonds is 1. The first kappa shape index (κ1) is 18.8. The van der Waals surface area contributed by atoms with Gasteiger partial charge in [0.2, 0.25) is 0 Å². The summed E-state index contributed by atoms with van der Waals surface area (Å²) < 4.78 is 8.06. The molecule has 0 saturated heterocycles. The smallest absolute Gasteiger partial charge is 0.138 e. The van der Waals surface area contributed by atoms with Gasteiger partial charge in [-0.2, -0.15) is 0 Å². The number of hydrogen-bond acceptors (Lipinski definition) is 1. The zero-order valence-electron chi connectivity index (χ0n) is 13.9. The zero-order valence-corrected chi connectivity index (χ0v) is 14.9. The molecule has 0 unspecified atom stereocenters. The fraction of sp³-hybridized carbons (Fsp3) is 0.143. The van der Waals surface area contributed by atoms with E-state index in [1.165, 1.54) is 27.8 Å². The molecule has 23 heavy (non-hydrogen) atoms. The number of aryl methyl sites for hydroxylation is 2.